The highest BCUT2D eigenvalue weighted by Crippen LogP contribution is 2.02. The molecule has 2 rings (SSSR count). The zero-order chi connectivity index (χ0) is 10.6. The summed E-state index contributed by atoms with van der Waals surface area (Å²) in [5.74, 6) is 2.25. The molecule has 2 saturated heterocycles. The maximum atomic E-state index is 4.60. The van der Waals surface area contributed by atoms with E-state index in [1.54, 1.807) is 6.92 Å². The molecule has 2 nitrogen and oxygen atoms in total. The normalized spacial score (nSPS) is 20.1. The largest absolute Gasteiger partial charge is 0.317 e. The number of nitrogens with one attached hydrogen (secondary N) is 1. The van der Waals surface area contributed by atoms with Gasteiger partial charge in [-0.2, -0.15) is 0 Å². The Kier molecular flexibility index (Phi) is 10.2. The van der Waals surface area contributed by atoms with Gasteiger partial charge in [0.25, 0.3) is 0 Å². The van der Waals surface area contributed by atoms with Gasteiger partial charge in [0.05, 0.1) is 0 Å². The minimum Gasteiger partial charge on any atom is -0.317 e. The fourth-order valence-electron chi connectivity index (χ4n) is 1.50. The fourth-order valence-corrected chi connectivity index (χ4v) is 1.50. The van der Waals surface area contributed by atoms with Gasteiger partial charge in [0.2, 0.25) is 0 Å². The summed E-state index contributed by atoms with van der Waals surface area (Å²) in [4.78, 5) is 2.36. The Hall–Kier alpha value is -0.520. The van der Waals surface area contributed by atoms with Crippen LogP contribution < -0.4 is 5.32 Å². The number of terminal acetylenes is 1. The molecule has 0 atom stereocenters. The van der Waals surface area contributed by atoms with Gasteiger partial charge in [-0.3, -0.25) is 0 Å². The molecule has 14 heavy (non-hydrogen) atoms. The van der Waals surface area contributed by atoms with Gasteiger partial charge in [0.15, 0.2) is 0 Å². The van der Waals surface area contributed by atoms with Crippen molar-refractivity contribution in [2.24, 2.45) is 0 Å². The average molecular weight is 196 g/mol. The second kappa shape index (κ2) is 10.6. The number of rotatable bonds is 0. The Balaban J connectivity index is 0.000000193. The minimum atomic E-state index is 1.25. The first kappa shape index (κ1) is 13.5. The molecule has 0 amide bonds. The summed E-state index contributed by atoms with van der Waals surface area (Å²) in [7, 11) is 2.17. The summed E-state index contributed by atoms with van der Waals surface area (Å²) in [5.41, 5.74) is 0. The smallest absolute Gasteiger partial charge is 0.00213 e. The topological polar surface area (TPSA) is 15.3 Å². The Bertz CT molecular complexity index is 131. The molecule has 0 radical (unpaired) electrons. The van der Waals surface area contributed by atoms with Crippen molar-refractivity contribution in [3.05, 3.63) is 0 Å². The van der Waals surface area contributed by atoms with Gasteiger partial charge in [-0.1, -0.05) is 0 Å². The van der Waals surface area contributed by atoms with E-state index in [2.05, 4.69) is 29.6 Å². The molecule has 2 heteroatoms. The van der Waals surface area contributed by atoms with Crippen molar-refractivity contribution in [1.29, 1.82) is 0 Å². The molecule has 0 aromatic heterocycles. The van der Waals surface area contributed by atoms with E-state index < -0.39 is 0 Å². The minimum absolute atomic E-state index is 1.25. The third-order valence-electron chi connectivity index (χ3n) is 2.29. The first-order valence-electron chi connectivity index (χ1n) is 5.58. The maximum Gasteiger partial charge on any atom is -0.00213 e. The van der Waals surface area contributed by atoms with E-state index in [0.717, 1.165) is 0 Å². The second-order valence-electron chi connectivity index (χ2n) is 3.76. The van der Waals surface area contributed by atoms with E-state index in [-0.39, 0.29) is 0 Å². The first-order valence-corrected chi connectivity index (χ1v) is 5.58. The molecule has 2 heterocycles. The summed E-state index contributed by atoms with van der Waals surface area (Å²) in [5, 5.41) is 3.22. The zero-order valence-electron chi connectivity index (χ0n) is 9.68. The first-order chi connectivity index (χ1) is 6.81. The third-order valence-corrected chi connectivity index (χ3v) is 2.29. The van der Waals surface area contributed by atoms with Gasteiger partial charge in [0.1, 0.15) is 0 Å². The number of hydrogen-bond donors (Lipinski definition) is 1. The van der Waals surface area contributed by atoms with Crippen molar-refractivity contribution >= 4 is 0 Å². The maximum absolute atomic E-state index is 4.60. The Morgan fingerprint density at radius 1 is 1.07 bits per heavy atom. The summed E-state index contributed by atoms with van der Waals surface area (Å²) >= 11 is 0. The Labute approximate surface area is 89.1 Å². The lowest BCUT2D eigenvalue weighted by Crippen LogP contribution is -2.10. The average Bonchev–Trinajstić information content (AvgIpc) is 2.78. The monoisotopic (exact) mass is 196 g/mol. The molecule has 0 aliphatic carbocycles. The van der Waals surface area contributed by atoms with Crippen LogP contribution in [0.4, 0.5) is 0 Å². The van der Waals surface area contributed by atoms with E-state index in [0.29, 0.717) is 0 Å². The molecule has 0 saturated carbocycles. The lowest BCUT2D eigenvalue weighted by atomic mass is 10.4. The highest BCUT2D eigenvalue weighted by molar-refractivity contribution is 4.73. The van der Waals surface area contributed by atoms with Crippen LogP contribution in [0.15, 0.2) is 0 Å². The highest BCUT2D eigenvalue weighted by atomic mass is 15.1. The summed E-state index contributed by atoms with van der Waals surface area (Å²) in [6, 6.07) is 0. The van der Waals surface area contributed by atoms with Crippen LogP contribution in [0.2, 0.25) is 0 Å². The summed E-state index contributed by atoms with van der Waals surface area (Å²) in [6.45, 7) is 6.79. The molecule has 0 spiro atoms. The number of hydrogen-bond acceptors (Lipinski definition) is 2. The van der Waals surface area contributed by atoms with Crippen LogP contribution >= 0.6 is 0 Å². The zero-order valence-corrected chi connectivity index (χ0v) is 9.68. The molecule has 1 N–H and O–H groups in total. The van der Waals surface area contributed by atoms with E-state index in [1.165, 1.54) is 51.9 Å². The van der Waals surface area contributed by atoms with E-state index in [1.807, 2.05) is 0 Å². The van der Waals surface area contributed by atoms with Crippen molar-refractivity contribution < 1.29 is 0 Å². The van der Waals surface area contributed by atoms with E-state index >= 15 is 0 Å². The van der Waals surface area contributed by atoms with Crippen LogP contribution in [0.3, 0.4) is 0 Å². The Morgan fingerprint density at radius 3 is 1.64 bits per heavy atom. The Morgan fingerprint density at radius 2 is 1.50 bits per heavy atom. The van der Waals surface area contributed by atoms with Gasteiger partial charge in [-0.15, -0.1) is 12.3 Å². The highest BCUT2D eigenvalue weighted by Gasteiger charge is 2.03. The molecule has 2 fully saturated rings. The summed E-state index contributed by atoms with van der Waals surface area (Å²) < 4.78 is 0. The molecule has 0 unspecified atom stereocenters. The molecule has 0 bridgehead atoms. The molecular formula is C12H24N2. The molecule has 2 aliphatic heterocycles. The van der Waals surface area contributed by atoms with Crippen molar-refractivity contribution in [1.82, 2.24) is 10.2 Å². The van der Waals surface area contributed by atoms with Gasteiger partial charge in [-0.25, -0.2) is 0 Å². The predicted octanol–water partition coefficient (Wildman–Crippen LogP) is 1.72. The van der Waals surface area contributed by atoms with Gasteiger partial charge >= 0.3 is 0 Å². The van der Waals surface area contributed by atoms with Gasteiger partial charge < -0.3 is 10.2 Å². The van der Waals surface area contributed by atoms with Crippen LogP contribution in [0.5, 0.6) is 0 Å². The molecule has 82 valence electrons. The molecule has 2 aliphatic rings. The van der Waals surface area contributed by atoms with Crippen LogP contribution in [-0.4, -0.2) is 38.1 Å². The second-order valence-corrected chi connectivity index (χ2v) is 3.76. The van der Waals surface area contributed by atoms with Crippen molar-refractivity contribution in [2.75, 3.05) is 33.2 Å². The molecular weight excluding hydrogens is 172 g/mol. The van der Waals surface area contributed by atoms with Crippen LogP contribution in [0.1, 0.15) is 32.6 Å². The van der Waals surface area contributed by atoms with Gasteiger partial charge in [0, 0.05) is 0 Å². The lowest BCUT2D eigenvalue weighted by molar-refractivity contribution is 0.418. The number of likely N-dealkylation sites (tertiary alicyclic amines) is 1. The van der Waals surface area contributed by atoms with Crippen molar-refractivity contribution in [3.63, 3.8) is 0 Å². The molecule has 0 aromatic carbocycles. The lowest BCUT2D eigenvalue weighted by Gasteiger charge is -2.01. The van der Waals surface area contributed by atoms with Crippen LogP contribution in [0.25, 0.3) is 0 Å². The van der Waals surface area contributed by atoms with E-state index in [9.17, 15) is 0 Å². The summed E-state index contributed by atoms with van der Waals surface area (Å²) in [6.07, 6.45) is 10.2. The molecule has 0 aromatic rings. The fraction of sp³-hybridized carbons (Fsp3) is 0.833. The quantitative estimate of drug-likeness (QED) is 0.594. The number of nitrogens with zero attached hydrogens (tertiary/aromatic N) is 1. The van der Waals surface area contributed by atoms with Crippen molar-refractivity contribution in [2.45, 2.75) is 32.6 Å². The van der Waals surface area contributed by atoms with Gasteiger partial charge in [-0.05, 0) is 65.8 Å². The van der Waals surface area contributed by atoms with Crippen LogP contribution in [-0.2, 0) is 0 Å². The van der Waals surface area contributed by atoms with Crippen molar-refractivity contribution in [3.8, 4) is 12.3 Å². The SMILES string of the molecule is C#CC.C1CCNC1.CN1CCCC1. The predicted molar refractivity (Wildman–Crippen MR) is 63.3 cm³/mol. The van der Waals surface area contributed by atoms with E-state index in [4.69, 9.17) is 0 Å². The standard InChI is InChI=1S/C5H11N.C4H9N.C3H4/c1-6-4-2-3-5-6;1-2-4-5-3-1;1-3-2/h2-5H2,1H3;5H,1-4H2;1H,2H3. The third kappa shape index (κ3) is 9.57. The van der Waals surface area contributed by atoms with Crippen LogP contribution in [0, 0.1) is 12.3 Å².